The van der Waals surface area contributed by atoms with E-state index in [2.05, 4.69) is 20.8 Å². The molecule has 2 unspecified atom stereocenters. The van der Waals surface area contributed by atoms with E-state index in [-0.39, 0.29) is 23.5 Å². The van der Waals surface area contributed by atoms with Gasteiger partial charge >= 0.3 is 5.97 Å². The van der Waals surface area contributed by atoms with Gasteiger partial charge in [0.1, 0.15) is 5.60 Å². The SMILES string of the molecule is Cc1cc(SC2C(=O)CC(CCc3cc(Cl)c(N)c(Cl)c3)(C(C)C)OC2=O)c(C(C)(C)C)cc1N. The van der Waals surface area contributed by atoms with Crippen molar-refractivity contribution < 1.29 is 14.3 Å². The molecule has 3 rings (SSSR count). The van der Waals surface area contributed by atoms with Crippen molar-refractivity contribution in [2.75, 3.05) is 11.5 Å². The van der Waals surface area contributed by atoms with Crippen molar-refractivity contribution in [2.24, 2.45) is 5.92 Å². The molecular formula is C27H34Cl2N2O3S. The Labute approximate surface area is 222 Å². The second-order valence-corrected chi connectivity index (χ2v) is 12.7. The van der Waals surface area contributed by atoms with Crippen LogP contribution in [0, 0.1) is 12.8 Å². The minimum atomic E-state index is -0.911. The number of ketones is 1. The third kappa shape index (κ3) is 5.92. The van der Waals surface area contributed by atoms with Gasteiger partial charge in [0.25, 0.3) is 0 Å². The third-order valence-corrected chi connectivity index (χ3v) is 8.64. The molecule has 2 aromatic rings. The van der Waals surface area contributed by atoms with Gasteiger partial charge in [0.15, 0.2) is 11.0 Å². The van der Waals surface area contributed by atoms with E-state index in [1.807, 2.05) is 32.9 Å². The summed E-state index contributed by atoms with van der Waals surface area (Å²) in [6.45, 7) is 12.1. The summed E-state index contributed by atoms with van der Waals surface area (Å²) in [5, 5.41) is -0.146. The van der Waals surface area contributed by atoms with Crippen LogP contribution in [0.15, 0.2) is 29.2 Å². The Hall–Kier alpha value is -1.89. The number of thioether (sulfide) groups is 1. The van der Waals surface area contributed by atoms with Crippen molar-refractivity contribution in [3.05, 3.63) is 51.0 Å². The van der Waals surface area contributed by atoms with Gasteiger partial charge in [-0.25, -0.2) is 0 Å². The first-order valence-corrected chi connectivity index (χ1v) is 13.3. The zero-order valence-corrected chi connectivity index (χ0v) is 23.5. The zero-order valence-electron chi connectivity index (χ0n) is 21.1. The predicted octanol–water partition coefficient (Wildman–Crippen LogP) is 6.77. The maximum Gasteiger partial charge on any atom is 0.327 e. The van der Waals surface area contributed by atoms with E-state index < -0.39 is 16.8 Å². The molecule has 0 bridgehead atoms. The van der Waals surface area contributed by atoms with Crippen molar-refractivity contribution in [1.29, 1.82) is 0 Å². The van der Waals surface area contributed by atoms with Gasteiger partial charge in [0.2, 0.25) is 0 Å². The number of Topliss-reactive ketones (excluding diaryl/α,β-unsaturated/α-hetero) is 1. The standard InChI is InChI=1S/C27H34Cl2N2O3S/c1-14(2)27(8-7-16-10-18(28)23(31)19(29)11-16)13-21(32)24(25(33)34-27)35-22-9-15(3)20(30)12-17(22)26(4,5)6/h9-12,14,24H,7-8,13,30-31H2,1-6H3. The van der Waals surface area contributed by atoms with Crippen molar-refractivity contribution in [3.8, 4) is 0 Å². The average molecular weight is 538 g/mol. The van der Waals surface area contributed by atoms with Gasteiger partial charge in [-0.15, -0.1) is 11.8 Å². The highest BCUT2D eigenvalue weighted by Crippen LogP contribution is 2.43. The lowest BCUT2D eigenvalue weighted by atomic mass is 9.78. The maximum absolute atomic E-state index is 13.4. The molecule has 2 atom stereocenters. The van der Waals surface area contributed by atoms with Crippen LogP contribution in [-0.2, 0) is 26.2 Å². The Kier molecular flexibility index (Phi) is 8.10. The fourth-order valence-electron chi connectivity index (χ4n) is 4.32. The highest BCUT2D eigenvalue weighted by Gasteiger charge is 2.49. The summed E-state index contributed by atoms with van der Waals surface area (Å²) in [6.07, 6.45) is 1.18. The summed E-state index contributed by atoms with van der Waals surface area (Å²) in [7, 11) is 0. The van der Waals surface area contributed by atoms with Crippen LogP contribution in [0.5, 0.6) is 0 Å². The number of hydrogen-bond donors (Lipinski definition) is 2. The largest absolute Gasteiger partial charge is 0.457 e. The molecule has 2 aromatic carbocycles. The van der Waals surface area contributed by atoms with Crippen molar-refractivity contribution in [1.82, 2.24) is 0 Å². The van der Waals surface area contributed by atoms with Crippen LogP contribution >= 0.6 is 35.0 Å². The Balaban J connectivity index is 1.84. The van der Waals surface area contributed by atoms with Gasteiger partial charge in [0.05, 0.1) is 15.7 Å². The number of anilines is 2. The Bertz CT molecular complexity index is 1120. The summed E-state index contributed by atoms with van der Waals surface area (Å²) in [5.41, 5.74) is 14.7. The van der Waals surface area contributed by atoms with Gasteiger partial charge in [-0.05, 0) is 72.1 Å². The summed E-state index contributed by atoms with van der Waals surface area (Å²) >= 11 is 13.6. The molecule has 35 heavy (non-hydrogen) atoms. The second-order valence-electron chi connectivity index (χ2n) is 10.7. The summed E-state index contributed by atoms with van der Waals surface area (Å²) in [6, 6.07) is 7.43. The summed E-state index contributed by atoms with van der Waals surface area (Å²) in [4.78, 5) is 27.5. The molecule has 1 saturated heterocycles. The number of carbonyl (C=O) groups excluding carboxylic acids is 2. The Morgan fingerprint density at radius 1 is 1.11 bits per heavy atom. The number of hydrogen-bond acceptors (Lipinski definition) is 6. The molecule has 190 valence electrons. The highest BCUT2D eigenvalue weighted by atomic mass is 35.5. The molecule has 0 radical (unpaired) electrons. The highest BCUT2D eigenvalue weighted by molar-refractivity contribution is 8.01. The van der Waals surface area contributed by atoms with Gasteiger partial charge in [-0.3, -0.25) is 9.59 Å². The molecule has 0 spiro atoms. The fraction of sp³-hybridized carbons (Fsp3) is 0.481. The number of nitrogen functional groups attached to an aromatic ring is 2. The van der Waals surface area contributed by atoms with E-state index in [0.717, 1.165) is 21.6 Å². The molecule has 5 nitrogen and oxygen atoms in total. The van der Waals surface area contributed by atoms with E-state index in [1.54, 1.807) is 12.1 Å². The number of rotatable bonds is 6. The number of esters is 1. The Morgan fingerprint density at radius 2 is 1.71 bits per heavy atom. The minimum Gasteiger partial charge on any atom is -0.457 e. The van der Waals surface area contributed by atoms with Crippen LogP contribution in [0.1, 0.15) is 64.2 Å². The topological polar surface area (TPSA) is 95.4 Å². The predicted molar refractivity (Wildman–Crippen MR) is 146 cm³/mol. The molecule has 0 amide bonds. The van der Waals surface area contributed by atoms with Crippen molar-refractivity contribution in [2.45, 2.75) is 82.0 Å². The molecule has 0 aromatic heterocycles. The van der Waals surface area contributed by atoms with Crippen molar-refractivity contribution >= 4 is 58.1 Å². The third-order valence-electron chi connectivity index (χ3n) is 6.73. The zero-order chi connectivity index (χ0) is 26.3. The van der Waals surface area contributed by atoms with Gasteiger partial charge in [-0.1, -0.05) is 57.8 Å². The van der Waals surface area contributed by atoms with Gasteiger partial charge in [-0.2, -0.15) is 0 Å². The summed E-state index contributed by atoms with van der Waals surface area (Å²) < 4.78 is 6.08. The van der Waals surface area contributed by atoms with E-state index in [9.17, 15) is 9.59 Å². The van der Waals surface area contributed by atoms with Crippen LogP contribution < -0.4 is 11.5 Å². The number of ether oxygens (including phenoxy) is 1. The quantitative estimate of drug-likeness (QED) is 0.240. The molecule has 1 heterocycles. The lowest BCUT2D eigenvalue weighted by Gasteiger charge is -2.41. The van der Waals surface area contributed by atoms with E-state index in [1.165, 1.54) is 11.8 Å². The number of benzene rings is 2. The first-order valence-electron chi connectivity index (χ1n) is 11.7. The number of nitrogens with two attached hydrogens (primary N) is 2. The number of aryl methyl sites for hydroxylation is 2. The maximum atomic E-state index is 13.4. The van der Waals surface area contributed by atoms with Crippen LogP contribution in [0.3, 0.4) is 0 Å². The van der Waals surface area contributed by atoms with E-state index >= 15 is 0 Å². The monoisotopic (exact) mass is 536 g/mol. The molecule has 4 N–H and O–H groups in total. The second kappa shape index (κ2) is 10.2. The average Bonchev–Trinajstić information content (AvgIpc) is 2.74. The number of halogens is 2. The molecule has 1 fully saturated rings. The van der Waals surface area contributed by atoms with Crippen molar-refractivity contribution in [3.63, 3.8) is 0 Å². The van der Waals surface area contributed by atoms with E-state index in [0.29, 0.717) is 34.3 Å². The number of cyclic esters (lactones) is 1. The minimum absolute atomic E-state index is 0.0509. The normalized spacial score (nSPS) is 20.9. The van der Waals surface area contributed by atoms with E-state index in [4.69, 9.17) is 39.4 Å². The smallest absolute Gasteiger partial charge is 0.327 e. The van der Waals surface area contributed by atoms with Crippen LogP contribution in [0.2, 0.25) is 10.0 Å². The lowest BCUT2D eigenvalue weighted by Crippen LogP contribution is -2.52. The number of carbonyl (C=O) groups is 2. The van der Waals surface area contributed by atoms with Gasteiger partial charge < -0.3 is 16.2 Å². The summed E-state index contributed by atoms with van der Waals surface area (Å²) in [5.74, 6) is -0.671. The van der Waals surface area contributed by atoms with Crippen LogP contribution in [0.4, 0.5) is 11.4 Å². The molecular weight excluding hydrogens is 503 g/mol. The lowest BCUT2D eigenvalue weighted by molar-refractivity contribution is -0.176. The molecule has 0 aliphatic carbocycles. The fourth-order valence-corrected chi connectivity index (χ4v) is 6.20. The first kappa shape index (κ1) is 27.7. The van der Waals surface area contributed by atoms with Crippen LogP contribution in [0.25, 0.3) is 0 Å². The molecule has 1 aliphatic heterocycles. The Morgan fingerprint density at radius 3 is 2.23 bits per heavy atom. The van der Waals surface area contributed by atoms with Crippen LogP contribution in [-0.4, -0.2) is 22.6 Å². The first-order chi connectivity index (χ1) is 16.1. The molecule has 0 saturated carbocycles. The molecule has 8 heteroatoms. The molecule has 1 aliphatic rings. The van der Waals surface area contributed by atoms with Gasteiger partial charge in [0, 0.05) is 17.0 Å².